The second-order valence-corrected chi connectivity index (χ2v) is 2.69. The first-order valence-electron chi connectivity index (χ1n) is 3.67. The number of aliphatic hydroxyl groups excluding tert-OH is 3. The van der Waals surface area contributed by atoms with Crippen molar-refractivity contribution in [3.05, 3.63) is 23.7 Å². The first kappa shape index (κ1) is 9.25. The van der Waals surface area contributed by atoms with Gasteiger partial charge in [-0.15, -0.1) is 0 Å². The molecule has 3 N–H and O–H groups in total. The highest BCUT2D eigenvalue weighted by atomic mass is 16.4. The molecule has 2 atom stereocenters. The summed E-state index contributed by atoms with van der Waals surface area (Å²) in [6.07, 6.45) is -0.867. The minimum Gasteiger partial charge on any atom is -0.469 e. The van der Waals surface area contributed by atoms with Gasteiger partial charge in [-0.2, -0.15) is 0 Å². The van der Waals surface area contributed by atoms with Crippen LogP contribution in [0.2, 0.25) is 0 Å². The van der Waals surface area contributed by atoms with E-state index >= 15 is 0 Å². The average molecular weight is 172 g/mol. The maximum atomic E-state index is 9.33. The van der Waals surface area contributed by atoms with Gasteiger partial charge in [-0.1, -0.05) is 0 Å². The predicted octanol–water partition coefficient (Wildman–Crippen LogP) is -0.0254. The summed E-state index contributed by atoms with van der Waals surface area (Å²) in [4.78, 5) is 0. The highest BCUT2D eigenvalue weighted by Crippen LogP contribution is 2.18. The minimum absolute atomic E-state index is 0.467. The highest BCUT2D eigenvalue weighted by molar-refractivity contribution is 5.15. The van der Waals surface area contributed by atoms with Crippen LogP contribution in [0.1, 0.15) is 17.4 Å². The minimum atomic E-state index is -1.15. The molecule has 1 rings (SSSR count). The fourth-order valence-corrected chi connectivity index (χ4v) is 0.941. The summed E-state index contributed by atoms with van der Waals surface area (Å²) in [6.45, 7) is 1.27. The molecular weight excluding hydrogens is 160 g/mol. The Morgan fingerprint density at radius 1 is 1.50 bits per heavy atom. The Morgan fingerprint density at radius 3 is 2.58 bits per heavy atom. The summed E-state index contributed by atoms with van der Waals surface area (Å²) in [6, 6.07) is 1.61. The van der Waals surface area contributed by atoms with Gasteiger partial charge in [0.1, 0.15) is 18.0 Å². The standard InChI is InChI=1S/C8H12O4/c1-5-2-6(4-12-5)8(11)7(10)3-9/h2,4,7-11H,3H2,1H3/t7-,8-/m0/s1. The molecule has 0 aromatic carbocycles. The van der Waals surface area contributed by atoms with Crippen molar-refractivity contribution in [3.8, 4) is 0 Å². The van der Waals surface area contributed by atoms with Gasteiger partial charge >= 0.3 is 0 Å². The third-order valence-corrected chi connectivity index (χ3v) is 1.64. The Bertz CT molecular complexity index is 243. The normalized spacial score (nSPS) is 16.0. The molecule has 0 unspecified atom stereocenters. The molecule has 4 heteroatoms. The van der Waals surface area contributed by atoms with Crippen LogP contribution in [-0.2, 0) is 0 Å². The Kier molecular flexibility index (Phi) is 2.86. The van der Waals surface area contributed by atoms with Crippen molar-refractivity contribution < 1.29 is 19.7 Å². The van der Waals surface area contributed by atoms with Gasteiger partial charge in [-0.05, 0) is 13.0 Å². The van der Waals surface area contributed by atoms with Crippen LogP contribution in [-0.4, -0.2) is 28.0 Å². The van der Waals surface area contributed by atoms with Crippen LogP contribution in [0.4, 0.5) is 0 Å². The van der Waals surface area contributed by atoms with Crippen LogP contribution >= 0.6 is 0 Å². The number of aliphatic hydroxyl groups is 3. The summed E-state index contributed by atoms with van der Waals surface area (Å²) in [7, 11) is 0. The fraction of sp³-hybridized carbons (Fsp3) is 0.500. The Balaban J connectivity index is 2.70. The molecule has 0 aliphatic carbocycles. The topological polar surface area (TPSA) is 73.8 Å². The molecule has 0 aliphatic rings. The summed E-state index contributed by atoms with van der Waals surface area (Å²) < 4.78 is 4.93. The zero-order valence-electron chi connectivity index (χ0n) is 6.77. The number of hydrogen-bond donors (Lipinski definition) is 3. The summed E-state index contributed by atoms with van der Waals surface area (Å²) in [5, 5.41) is 26.9. The van der Waals surface area contributed by atoms with E-state index in [2.05, 4.69) is 0 Å². The van der Waals surface area contributed by atoms with Crippen molar-refractivity contribution in [1.82, 2.24) is 0 Å². The first-order valence-corrected chi connectivity index (χ1v) is 3.67. The molecule has 1 aromatic rings. The third kappa shape index (κ3) is 1.85. The predicted molar refractivity (Wildman–Crippen MR) is 41.5 cm³/mol. The fourth-order valence-electron chi connectivity index (χ4n) is 0.941. The molecule has 12 heavy (non-hydrogen) atoms. The second-order valence-electron chi connectivity index (χ2n) is 2.69. The lowest BCUT2D eigenvalue weighted by atomic mass is 10.1. The first-order chi connectivity index (χ1) is 5.65. The molecule has 0 amide bonds. The molecule has 0 spiro atoms. The van der Waals surface area contributed by atoms with Gasteiger partial charge in [0.15, 0.2) is 0 Å². The summed E-state index contributed by atoms with van der Waals surface area (Å²) in [5.41, 5.74) is 0.481. The summed E-state index contributed by atoms with van der Waals surface area (Å²) >= 11 is 0. The van der Waals surface area contributed by atoms with Gasteiger partial charge in [0.25, 0.3) is 0 Å². The Hall–Kier alpha value is -0.840. The molecule has 0 aliphatic heterocycles. The SMILES string of the molecule is Cc1cc([C@H](O)[C@@H](O)CO)co1. The van der Waals surface area contributed by atoms with Gasteiger partial charge in [0.2, 0.25) is 0 Å². The van der Waals surface area contributed by atoms with E-state index in [0.717, 1.165) is 0 Å². The van der Waals surface area contributed by atoms with E-state index in [4.69, 9.17) is 14.6 Å². The molecule has 68 valence electrons. The molecule has 0 saturated carbocycles. The quantitative estimate of drug-likeness (QED) is 0.598. The van der Waals surface area contributed by atoms with Crippen LogP contribution in [0.25, 0.3) is 0 Å². The molecule has 0 fully saturated rings. The van der Waals surface area contributed by atoms with Crippen molar-refractivity contribution in [2.75, 3.05) is 6.61 Å². The van der Waals surface area contributed by atoms with Crippen LogP contribution in [0, 0.1) is 6.92 Å². The van der Waals surface area contributed by atoms with Crippen molar-refractivity contribution >= 4 is 0 Å². The Morgan fingerprint density at radius 2 is 2.17 bits per heavy atom. The van der Waals surface area contributed by atoms with Gasteiger partial charge in [-0.3, -0.25) is 0 Å². The van der Waals surface area contributed by atoms with Gasteiger partial charge in [0, 0.05) is 5.56 Å². The summed E-state index contributed by atoms with van der Waals surface area (Å²) in [5.74, 6) is 0.661. The van der Waals surface area contributed by atoms with E-state index in [-0.39, 0.29) is 0 Å². The van der Waals surface area contributed by atoms with Crippen LogP contribution < -0.4 is 0 Å². The molecular formula is C8H12O4. The zero-order valence-corrected chi connectivity index (χ0v) is 6.77. The van der Waals surface area contributed by atoms with Crippen molar-refractivity contribution in [3.63, 3.8) is 0 Å². The molecule has 0 bridgehead atoms. The largest absolute Gasteiger partial charge is 0.469 e. The maximum absolute atomic E-state index is 9.33. The number of furan rings is 1. The van der Waals surface area contributed by atoms with Crippen molar-refractivity contribution in [2.24, 2.45) is 0 Å². The van der Waals surface area contributed by atoms with Gasteiger partial charge in [-0.25, -0.2) is 0 Å². The highest BCUT2D eigenvalue weighted by Gasteiger charge is 2.18. The maximum Gasteiger partial charge on any atom is 0.110 e. The number of aryl methyl sites for hydroxylation is 1. The van der Waals surface area contributed by atoms with Crippen molar-refractivity contribution in [1.29, 1.82) is 0 Å². The van der Waals surface area contributed by atoms with E-state index in [1.165, 1.54) is 6.26 Å². The molecule has 0 saturated heterocycles. The lowest BCUT2D eigenvalue weighted by molar-refractivity contribution is -0.0155. The lowest BCUT2D eigenvalue weighted by Gasteiger charge is -2.12. The van der Waals surface area contributed by atoms with E-state index in [1.807, 2.05) is 0 Å². The molecule has 1 heterocycles. The lowest BCUT2D eigenvalue weighted by Crippen LogP contribution is -2.21. The van der Waals surface area contributed by atoms with E-state index in [9.17, 15) is 5.11 Å². The third-order valence-electron chi connectivity index (χ3n) is 1.64. The molecule has 4 nitrogen and oxygen atoms in total. The molecule has 1 aromatic heterocycles. The smallest absolute Gasteiger partial charge is 0.110 e. The van der Waals surface area contributed by atoms with Crippen molar-refractivity contribution in [2.45, 2.75) is 19.1 Å². The number of rotatable bonds is 3. The Labute approximate surface area is 70.1 Å². The average Bonchev–Trinajstić information content (AvgIpc) is 2.49. The van der Waals surface area contributed by atoms with E-state index in [1.54, 1.807) is 13.0 Å². The van der Waals surface area contributed by atoms with Gasteiger partial charge in [0.05, 0.1) is 12.9 Å². The van der Waals surface area contributed by atoms with Crippen LogP contribution in [0.15, 0.2) is 16.7 Å². The van der Waals surface area contributed by atoms with Crippen LogP contribution in [0.5, 0.6) is 0 Å². The monoisotopic (exact) mass is 172 g/mol. The van der Waals surface area contributed by atoms with Gasteiger partial charge < -0.3 is 19.7 Å². The number of hydrogen-bond acceptors (Lipinski definition) is 4. The van der Waals surface area contributed by atoms with E-state index < -0.39 is 18.8 Å². The zero-order chi connectivity index (χ0) is 9.14. The second kappa shape index (κ2) is 3.71. The van der Waals surface area contributed by atoms with Crippen LogP contribution in [0.3, 0.4) is 0 Å². The van der Waals surface area contributed by atoms with E-state index in [0.29, 0.717) is 11.3 Å². The molecule has 0 radical (unpaired) electrons.